The Morgan fingerprint density at radius 3 is 2.58 bits per heavy atom. The summed E-state index contributed by atoms with van der Waals surface area (Å²) in [5.74, 6) is 0.224. The van der Waals surface area contributed by atoms with Gasteiger partial charge in [0, 0.05) is 62.7 Å². The number of para-hydroxylation sites is 1. The van der Waals surface area contributed by atoms with Gasteiger partial charge < -0.3 is 20.4 Å². The number of anilines is 4. The van der Waals surface area contributed by atoms with Gasteiger partial charge in [-0.2, -0.15) is 10.1 Å². The molecule has 13 nitrogen and oxygen atoms in total. The van der Waals surface area contributed by atoms with E-state index in [2.05, 4.69) is 64.1 Å². The molecule has 4 amide bonds. The Bertz CT molecular complexity index is 2280. The van der Waals surface area contributed by atoms with Crippen LogP contribution in [0.3, 0.4) is 0 Å². The molecule has 3 aliphatic heterocycles. The molecule has 0 saturated carbocycles. The van der Waals surface area contributed by atoms with Crippen LogP contribution in [-0.4, -0.2) is 65.8 Å². The summed E-state index contributed by atoms with van der Waals surface area (Å²) >= 11 is 0. The molecule has 1 saturated heterocycles. The van der Waals surface area contributed by atoms with E-state index >= 15 is 0 Å². The predicted octanol–water partition coefficient (Wildman–Crippen LogP) is 4.75. The first-order chi connectivity index (χ1) is 25.1. The Hall–Kier alpha value is -6.11. The van der Waals surface area contributed by atoms with Gasteiger partial charge in [-0.15, -0.1) is 0 Å². The minimum atomic E-state index is -0.673. The van der Waals surface area contributed by atoms with Crippen LogP contribution in [0.4, 0.5) is 23.1 Å². The van der Waals surface area contributed by atoms with Gasteiger partial charge in [0.1, 0.15) is 6.04 Å². The number of hydrogen-bond acceptors (Lipinski definition) is 9. The number of nitrogens with one attached hydrogen (secondary N) is 3. The first kappa shape index (κ1) is 33.1. The molecular formula is C39H39N9O4. The summed E-state index contributed by atoms with van der Waals surface area (Å²) in [6.45, 7) is 5.54. The molecule has 0 spiro atoms. The average molecular weight is 698 g/mol. The van der Waals surface area contributed by atoms with Crippen molar-refractivity contribution in [1.29, 1.82) is 0 Å². The predicted molar refractivity (Wildman–Crippen MR) is 195 cm³/mol. The Morgan fingerprint density at radius 1 is 0.962 bits per heavy atom. The number of amides is 4. The fraction of sp³-hybridized carbons (Fsp3) is 0.308. The maximum atomic E-state index is 13.5. The minimum absolute atomic E-state index is 0.0447. The lowest BCUT2D eigenvalue weighted by molar-refractivity contribution is -0.137. The third kappa shape index (κ3) is 6.12. The fourth-order valence-corrected chi connectivity index (χ4v) is 7.58. The van der Waals surface area contributed by atoms with Gasteiger partial charge in [0.15, 0.2) is 11.5 Å². The third-order valence-electron chi connectivity index (χ3n) is 10.4. The number of imide groups is 1. The van der Waals surface area contributed by atoms with Crippen molar-refractivity contribution in [2.24, 2.45) is 7.05 Å². The molecule has 13 heteroatoms. The molecule has 8 rings (SSSR count). The van der Waals surface area contributed by atoms with E-state index in [1.54, 1.807) is 21.8 Å². The monoisotopic (exact) mass is 697 g/mol. The van der Waals surface area contributed by atoms with Crippen LogP contribution in [0.1, 0.15) is 63.0 Å². The highest BCUT2D eigenvalue weighted by atomic mass is 16.2. The molecule has 3 aromatic carbocycles. The Kier molecular flexibility index (Phi) is 8.40. The van der Waals surface area contributed by atoms with Gasteiger partial charge in [-0.05, 0) is 84.7 Å². The number of nitrogens with zero attached hydrogens (tertiary/aromatic N) is 6. The summed E-state index contributed by atoms with van der Waals surface area (Å²) in [4.78, 5) is 63.7. The van der Waals surface area contributed by atoms with Gasteiger partial charge in [-0.3, -0.25) is 24.5 Å². The van der Waals surface area contributed by atoms with Crippen molar-refractivity contribution >= 4 is 57.8 Å². The topological polar surface area (TPSA) is 154 Å². The first-order valence-electron chi connectivity index (χ1n) is 17.6. The summed E-state index contributed by atoms with van der Waals surface area (Å²) in [5.41, 5.74) is 9.40. The second kappa shape index (κ2) is 13.2. The van der Waals surface area contributed by atoms with Gasteiger partial charge >= 0.3 is 0 Å². The molecule has 2 aromatic heterocycles. The molecule has 264 valence electrons. The molecule has 3 N–H and O–H groups in total. The van der Waals surface area contributed by atoms with Gasteiger partial charge in [-0.1, -0.05) is 36.4 Å². The number of rotatable bonds is 8. The lowest BCUT2D eigenvalue weighted by Gasteiger charge is -2.30. The molecule has 5 aromatic rings. The zero-order valence-electron chi connectivity index (χ0n) is 29.3. The maximum Gasteiger partial charge on any atom is 0.255 e. The number of aryl methyl sites for hydroxylation is 4. The number of hydrogen-bond donors (Lipinski definition) is 3. The van der Waals surface area contributed by atoms with Crippen molar-refractivity contribution in [1.82, 2.24) is 34.9 Å². The highest BCUT2D eigenvalue weighted by Gasteiger charge is 2.39. The van der Waals surface area contributed by atoms with E-state index in [0.717, 1.165) is 51.0 Å². The van der Waals surface area contributed by atoms with Gasteiger partial charge in [-0.25, -0.2) is 9.67 Å². The van der Waals surface area contributed by atoms with Crippen molar-refractivity contribution in [3.05, 3.63) is 99.7 Å². The maximum absolute atomic E-state index is 13.5. The van der Waals surface area contributed by atoms with E-state index in [1.807, 2.05) is 36.2 Å². The van der Waals surface area contributed by atoms with Crippen molar-refractivity contribution in [3.63, 3.8) is 0 Å². The number of piperidine rings is 1. The summed E-state index contributed by atoms with van der Waals surface area (Å²) in [7, 11) is 1.86. The molecule has 52 heavy (non-hydrogen) atoms. The van der Waals surface area contributed by atoms with E-state index in [-0.39, 0.29) is 24.1 Å². The molecule has 3 aliphatic rings. The quantitative estimate of drug-likeness (QED) is 0.195. The van der Waals surface area contributed by atoms with Crippen LogP contribution in [0, 0.1) is 13.8 Å². The minimum Gasteiger partial charge on any atom is -0.338 e. The van der Waals surface area contributed by atoms with Crippen LogP contribution in [-0.2, 0) is 47.4 Å². The van der Waals surface area contributed by atoms with Crippen LogP contribution in [0.5, 0.6) is 0 Å². The van der Waals surface area contributed by atoms with Crippen molar-refractivity contribution in [2.45, 2.75) is 65.1 Å². The van der Waals surface area contributed by atoms with E-state index < -0.39 is 11.9 Å². The van der Waals surface area contributed by atoms with Crippen LogP contribution in [0.15, 0.2) is 60.8 Å². The smallest absolute Gasteiger partial charge is 0.255 e. The van der Waals surface area contributed by atoms with E-state index in [0.29, 0.717) is 61.9 Å². The van der Waals surface area contributed by atoms with E-state index in [1.165, 1.54) is 5.56 Å². The molecule has 1 atom stereocenters. The lowest BCUT2D eigenvalue weighted by Crippen LogP contribution is -2.52. The molecule has 0 bridgehead atoms. The van der Waals surface area contributed by atoms with Crippen molar-refractivity contribution < 1.29 is 19.2 Å². The standard InChI is InChI=1S/C39H39N9O4/c1-22-6-4-7-23(2)34(22)43-35-29-19-40-39(44-36(29)46(3)45-35)41-27-12-10-24-16-17-47(20-26(24)18-27)33(50)15-11-25-8-5-9-28-30(25)21-48(38(28)52)31-13-14-32(49)42-37(31)51/h4-10,12,18-19,31H,11,13-17,20-21H2,1-3H3,(H,43,45)(H,40,41,44)(H,42,49,51). The number of benzene rings is 3. The molecular weight excluding hydrogens is 658 g/mol. The van der Waals surface area contributed by atoms with Gasteiger partial charge in [0.25, 0.3) is 5.91 Å². The first-order valence-corrected chi connectivity index (χ1v) is 17.6. The Balaban J connectivity index is 0.922. The highest BCUT2D eigenvalue weighted by Crippen LogP contribution is 2.32. The largest absolute Gasteiger partial charge is 0.338 e. The zero-order chi connectivity index (χ0) is 36.1. The molecule has 0 radical (unpaired) electrons. The van der Waals surface area contributed by atoms with Gasteiger partial charge in [0.05, 0.1) is 5.39 Å². The molecule has 1 fully saturated rings. The number of carbonyl (C=O) groups is 4. The summed E-state index contributed by atoms with van der Waals surface area (Å²) in [6, 6.07) is 17.2. The third-order valence-corrected chi connectivity index (χ3v) is 10.4. The Labute approximate surface area is 300 Å². The molecule has 5 heterocycles. The second-order valence-corrected chi connectivity index (χ2v) is 13.8. The zero-order valence-corrected chi connectivity index (χ0v) is 29.3. The normalized spacial score (nSPS) is 16.9. The number of aromatic nitrogens is 4. The van der Waals surface area contributed by atoms with E-state index in [9.17, 15) is 19.2 Å². The van der Waals surface area contributed by atoms with Crippen molar-refractivity contribution in [2.75, 3.05) is 17.2 Å². The summed E-state index contributed by atoms with van der Waals surface area (Å²) in [6.07, 6.45) is 3.83. The second-order valence-electron chi connectivity index (χ2n) is 13.8. The molecule has 0 aliphatic carbocycles. The number of fused-ring (bicyclic) bond motifs is 3. The average Bonchev–Trinajstić information content (AvgIpc) is 3.63. The summed E-state index contributed by atoms with van der Waals surface area (Å²) in [5, 5.41) is 14.6. The van der Waals surface area contributed by atoms with Crippen LogP contribution in [0.2, 0.25) is 0 Å². The SMILES string of the molecule is Cc1cccc(C)c1Nc1nn(C)c2nc(Nc3ccc4c(c3)CN(C(=O)CCc3cccc5c3CN(C3CCC(=O)NC3=O)C5=O)CC4)ncc12. The summed E-state index contributed by atoms with van der Waals surface area (Å²) < 4.78 is 1.74. The Morgan fingerprint density at radius 2 is 1.77 bits per heavy atom. The van der Waals surface area contributed by atoms with Crippen molar-refractivity contribution in [3.8, 4) is 0 Å². The van der Waals surface area contributed by atoms with Gasteiger partial charge in [0.2, 0.25) is 23.7 Å². The molecule has 1 unspecified atom stereocenters. The number of carbonyl (C=O) groups excluding carboxylic acids is 4. The fourth-order valence-electron chi connectivity index (χ4n) is 7.58. The lowest BCUT2D eigenvalue weighted by atomic mass is 9.97. The van der Waals surface area contributed by atoms with Crippen LogP contribution in [0.25, 0.3) is 11.0 Å². The van der Waals surface area contributed by atoms with Crippen LogP contribution < -0.4 is 16.0 Å². The highest BCUT2D eigenvalue weighted by molar-refractivity contribution is 6.05. The van der Waals surface area contributed by atoms with E-state index in [4.69, 9.17) is 4.98 Å². The van der Waals surface area contributed by atoms with Crippen LogP contribution >= 0.6 is 0 Å².